The van der Waals surface area contributed by atoms with Crippen molar-refractivity contribution in [3.05, 3.63) is 40.9 Å². The van der Waals surface area contributed by atoms with Gasteiger partial charge in [-0.25, -0.2) is 8.42 Å². The van der Waals surface area contributed by atoms with Crippen LogP contribution in [0.3, 0.4) is 0 Å². The summed E-state index contributed by atoms with van der Waals surface area (Å²) in [6, 6.07) is 6.92. The van der Waals surface area contributed by atoms with E-state index in [0.29, 0.717) is 5.02 Å². The van der Waals surface area contributed by atoms with Gasteiger partial charge in [-0.2, -0.15) is 8.78 Å². The summed E-state index contributed by atoms with van der Waals surface area (Å²) in [5.74, 6) is -3.63. The first-order valence-corrected chi connectivity index (χ1v) is 9.03. The molecule has 2 rings (SSSR count). The molecule has 0 radical (unpaired) electrons. The van der Waals surface area contributed by atoms with Gasteiger partial charge in [0.15, 0.2) is 0 Å². The van der Waals surface area contributed by atoms with E-state index < -0.39 is 20.8 Å². The van der Waals surface area contributed by atoms with E-state index in [1.807, 2.05) is 0 Å². The number of likely N-dealkylation sites (tertiary alicyclic amines) is 1. The molecule has 0 unspecified atom stereocenters. The Morgan fingerprint density at radius 1 is 1.22 bits per heavy atom. The van der Waals surface area contributed by atoms with Crippen LogP contribution in [0, 0.1) is 0 Å². The van der Waals surface area contributed by atoms with Crippen molar-refractivity contribution in [1.82, 2.24) is 4.90 Å². The topological polar surface area (TPSA) is 54.5 Å². The molecular weight excluding hydrogens is 348 g/mol. The molecule has 0 bridgehead atoms. The second kappa shape index (κ2) is 7.40. The number of hydrogen-bond donors (Lipinski definition) is 0. The average Bonchev–Trinajstić information content (AvgIpc) is 2.54. The van der Waals surface area contributed by atoms with Gasteiger partial charge in [0.1, 0.15) is 0 Å². The van der Waals surface area contributed by atoms with Gasteiger partial charge in [0.2, 0.25) is 15.7 Å². The van der Waals surface area contributed by atoms with E-state index in [1.54, 1.807) is 30.3 Å². The van der Waals surface area contributed by atoms with E-state index in [0.717, 1.165) is 5.56 Å². The molecule has 1 fully saturated rings. The first-order valence-electron chi connectivity index (χ1n) is 7.04. The lowest BCUT2D eigenvalue weighted by Crippen LogP contribution is -2.43. The van der Waals surface area contributed by atoms with Crippen molar-refractivity contribution < 1.29 is 22.0 Å². The van der Waals surface area contributed by atoms with Gasteiger partial charge in [0, 0.05) is 24.2 Å². The average molecular weight is 364 g/mol. The van der Waals surface area contributed by atoms with E-state index >= 15 is 0 Å². The Hall–Kier alpha value is -1.47. The van der Waals surface area contributed by atoms with Crippen molar-refractivity contribution in [2.24, 2.45) is 0 Å². The molecule has 1 amide bonds. The fourth-order valence-corrected chi connectivity index (χ4v) is 3.68. The minimum absolute atomic E-state index is 0.0349. The Morgan fingerprint density at radius 2 is 1.78 bits per heavy atom. The lowest BCUT2D eigenvalue weighted by Gasteiger charge is -2.30. The Morgan fingerprint density at radius 3 is 2.30 bits per heavy atom. The molecule has 1 aromatic carbocycles. The van der Waals surface area contributed by atoms with Gasteiger partial charge >= 0.3 is 5.76 Å². The van der Waals surface area contributed by atoms with Crippen molar-refractivity contribution >= 4 is 33.4 Å². The van der Waals surface area contributed by atoms with Crippen LogP contribution in [-0.2, 0) is 14.6 Å². The number of rotatable bonds is 4. The zero-order valence-electron chi connectivity index (χ0n) is 12.2. The summed E-state index contributed by atoms with van der Waals surface area (Å²) < 4.78 is 47.8. The SMILES string of the molecule is O=C(/C=C/c1ccc(Cl)cc1)N1CCC(S(=O)(=O)C(F)F)CC1. The normalized spacial score (nSPS) is 17.1. The molecule has 1 saturated heterocycles. The molecule has 0 saturated carbocycles. The summed E-state index contributed by atoms with van der Waals surface area (Å²) in [4.78, 5) is 13.5. The van der Waals surface area contributed by atoms with E-state index in [-0.39, 0.29) is 31.8 Å². The monoisotopic (exact) mass is 363 g/mol. The maximum atomic E-state index is 12.5. The van der Waals surface area contributed by atoms with Gasteiger partial charge in [-0.1, -0.05) is 23.7 Å². The molecule has 0 N–H and O–H groups in total. The van der Waals surface area contributed by atoms with Crippen LogP contribution in [0.2, 0.25) is 5.02 Å². The van der Waals surface area contributed by atoms with Crippen molar-refractivity contribution in [2.75, 3.05) is 13.1 Å². The predicted molar refractivity (Wildman–Crippen MR) is 85.0 cm³/mol. The molecule has 23 heavy (non-hydrogen) atoms. The van der Waals surface area contributed by atoms with Gasteiger partial charge < -0.3 is 4.90 Å². The maximum absolute atomic E-state index is 12.5. The number of hydrogen-bond acceptors (Lipinski definition) is 3. The summed E-state index contributed by atoms with van der Waals surface area (Å²) in [6.45, 7) is 0.306. The minimum atomic E-state index is -4.41. The molecule has 4 nitrogen and oxygen atoms in total. The number of sulfone groups is 1. The van der Waals surface area contributed by atoms with Crippen molar-refractivity contribution in [1.29, 1.82) is 0 Å². The van der Waals surface area contributed by atoms with Crippen LogP contribution in [0.25, 0.3) is 6.08 Å². The quantitative estimate of drug-likeness (QED) is 0.773. The summed E-state index contributed by atoms with van der Waals surface area (Å²) in [6.07, 6.45) is 3.08. The number of carbonyl (C=O) groups is 1. The number of nitrogens with zero attached hydrogens (tertiary/aromatic N) is 1. The van der Waals surface area contributed by atoms with E-state index in [9.17, 15) is 22.0 Å². The summed E-state index contributed by atoms with van der Waals surface area (Å²) in [5.41, 5.74) is 0.804. The first-order chi connectivity index (χ1) is 10.8. The molecule has 0 aliphatic carbocycles. The van der Waals surface area contributed by atoms with Gasteiger partial charge in [-0.3, -0.25) is 4.79 Å². The second-order valence-electron chi connectivity index (χ2n) is 5.26. The fourth-order valence-electron chi connectivity index (χ4n) is 2.40. The largest absolute Gasteiger partial charge is 0.339 e. The van der Waals surface area contributed by atoms with Crippen LogP contribution in [0.4, 0.5) is 8.78 Å². The second-order valence-corrected chi connectivity index (χ2v) is 7.90. The maximum Gasteiger partial charge on any atom is 0.337 e. The number of piperidine rings is 1. The smallest absolute Gasteiger partial charge is 0.337 e. The van der Waals surface area contributed by atoms with E-state index in [4.69, 9.17) is 11.6 Å². The van der Waals surface area contributed by atoms with Crippen molar-refractivity contribution in [3.63, 3.8) is 0 Å². The van der Waals surface area contributed by atoms with E-state index in [2.05, 4.69) is 0 Å². The molecule has 8 heteroatoms. The Balaban J connectivity index is 1.92. The van der Waals surface area contributed by atoms with E-state index in [1.165, 1.54) is 11.0 Å². The Bertz CT molecular complexity index is 681. The fraction of sp³-hybridized carbons (Fsp3) is 0.400. The van der Waals surface area contributed by atoms with Crippen molar-refractivity contribution in [2.45, 2.75) is 23.8 Å². The third kappa shape index (κ3) is 4.51. The molecule has 1 aliphatic rings. The third-order valence-corrected chi connectivity index (χ3v) is 5.90. The highest BCUT2D eigenvalue weighted by Gasteiger charge is 2.37. The molecule has 1 heterocycles. The highest BCUT2D eigenvalue weighted by atomic mass is 35.5. The molecule has 126 valence electrons. The predicted octanol–water partition coefficient (Wildman–Crippen LogP) is 2.98. The molecule has 0 spiro atoms. The summed E-state index contributed by atoms with van der Waals surface area (Å²) >= 11 is 5.77. The number of carbonyl (C=O) groups excluding carboxylic acids is 1. The highest BCUT2D eigenvalue weighted by Crippen LogP contribution is 2.23. The van der Waals surface area contributed by atoms with Gasteiger partial charge in [-0.05, 0) is 36.6 Å². The van der Waals surface area contributed by atoms with Crippen molar-refractivity contribution in [3.8, 4) is 0 Å². The standard InChI is InChI=1S/C15H16ClF2NO3S/c16-12-4-1-11(2-5-12)3-6-14(20)19-9-7-13(8-10-19)23(21,22)15(17)18/h1-6,13,15H,7-10H2/b6-3+. The van der Waals surface area contributed by atoms with Crippen LogP contribution in [-0.4, -0.2) is 43.3 Å². The van der Waals surface area contributed by atoms with Crippen LogP contribution in [0.1, 0.15) is 18.4 Å². The Labute approximate surface area is 138 Å². The minimum Gasteiger partial charge on any atom is -0.339 e. The van der Waals surface area contributed by atoms with Crippen LogP contribution >= 0.6 is 11.6 Å². The number of benzene rings is 1. The van der Waals surface area contributed by atoms with Gasteiger partial charge in [-0.15, -0.1) is 0 Å². The zero-order valence-corrected chi connectivity index (χ0v) is 13.7. The van der Waals surface area contributed by atoms with Gasteiger partial charge in [0.25, 0.3) is 0 Å². The molecule has 0 aromatic heterocycles. The number of amides is 1. The molecule has 0 atom stereocenters. The molecule has 1 aliphatic heterocycles. The number of alkyl halides is 2. The van der Waals surface area contributed by atoms with Crippen LogP contribution in [0.15, 0.2) is 30.3 Å². The lowest BCUT2D eigenvalue weighted by atomic mass is 10.1. The van der Waals surface area contributed by atoms with Gasteiger partial charge in [0.05, 0.1) is 5.25 Å². The Kier molecular flexibility index (Phi) is 5.75. The lowest BCUT2D eigenvalue weighted by molar-refractivity contribution is -0.126. The third-order valence-electron chi connectivity index (χ3n) is 3.75. The molecule has 1 aromatic rings. The van der Waals surface area contributed by atoms with Crippen LogP contribution < -0.4 is 0 Å². The highest BCUT2D eigenvalue weighted by molar-refractivity contribution is 7.92. The summed E-state index contributed by atoms with van der Waals surface area (Å²) in [7, 11) is -4.41. The number of halogens is 3. The first kappa shape index (κ1) is 17.9. The van der Waals surface area contributed by atoms with Crippen LogP contribution in [0.5, 0.6) is 0 Å². The summed E-state index contributed by atoms with van der Waals surface area (Å²) in [5, 5.41) is -0.484. The zero-order chi connectivity index (χ0) is 17.0. The molecular formula is C15H16ClF2NO3S.